The van der Waals surface area contributed by atoms with Gasteiger partial charge in [0.15, 0.2) is 17.4 Å². The molecule has 4 N–H and O–H groups in total. The summed E-state index contributed by atoms with van der Waals surface area (Å²) in [7, 11) is -0.883. The minimum Gasteiger partial charge on any atom is -0.386 e. The molecule has 0 saturated carbocycles. The molecule has 144 valence electrons. The lowest BCUT2D eigenvalue weighted by atomic mass is 10.1. The Labute approximate surface area is 147 Å². The van der Waals surface area contributed by atoms with E-state index in [4.69, 9.17) is 19.7 Å². The van der Waals surface area contributed by atoms with Crippen molar-refractivity contribution in [2.45, 2.75) is 24.5 Å². The maximum absolute atomic E-state index is 12.2. The number of ether oxygens (including phenoxy) is 2. The number of hydrogen-bond donors (Lipinski definition) is 3. The smallest absolute Gasteiger partial charge is 0.325 e. The molecule has 1 saturated heterocycles. The summed E-state index contributed by atoms with van der Waals surface area (Å²) in [5.74, 6) is -0.0212. The second-order valence-corrected chi connectivity index (χ2v) is 7.88. The summed E-state index contributed by atoms with van der Waals surface area (Å²) in [5, 5.41) is 10.5. The van der Waals surface area contributed by atoms with Gasteiger partial charge in [0.1, 0.15) is 18.3 Å². The Kier molecular flexibility index (Phi) is 4.90. The van der Waals surface area contributed by atoms with Crippen molar-refractivity contribution in [1.29, 1.82) is 0 Å². The molecule has 3 heterocycles. The molecule has 3 rings (SSSR count). The standard InChI is InChI=1S/C13H20N5O7P/c1-17-11(20)7-10(16-13(17)14)18(5-15-7)12-8(19)9(23-2)6(25-12)4-24-26(3,21)22/h5-6,8-9,12,19H,4H2,1-3H3,(H2,14,16)(H,21,22)/t6-,8-,9-,12-/m1/s1. The first kappa shape index (κ1) is 19.0. The molecule has 13 heteroatoms. The molecule has 1 aliphatic rings. The minimum atomic E-state index is -3.72. The molecule has 0 aromatic carbocycles. The SMILES string of the molecule is CO[C@H]1[C@@H](O)[C@H](n2cnc3c(=O)n(C)c(N)nc32)O[C@@H]1COP(C)(=O)O. The Balaban J connectivity index is 1.95. The van der Waals surface area contributed by atoms with Crippen molar-refractivity contribution in [2.75, 3.05) is 26.1 Å². The van der Waals surface area contributed by atoms with Crippen LogP contribution in [0, 0.1) is 0 Å². The largest absolute Gasteiger partial charge is 0.386 e. The van der Waals surface area contributed by atoms with E-state index < -0.39 is 37.7 Å². The zero-order chi connectivity index (χ0) is 19.2. The van der Waals surface area contributed by atoms with Gasteiger partial charge in [0.05, 0.1) is 12.9 Å². The Morgan fingerprint density at radius 1 is 1.50 bits per heavy atom. The van der Waals surface area contributed by atoms with Crippen molar-refractivity contribution >= 4 is 24.7 Å². The Hall–Kier alpha value is -1.82. The fourth-order valence-electron chi connectivity index (χ4n) is 2.84. The molecule has 0 spiro atoms. The van der Waals surface area contributed by atoms with Gasteiger partial charge in [0, 0.05) is 20.8 Å². The van der Waals surface area contributed by atoms with E-state index in [1.54, 1.807) is 0 Å². The highest BCUT2D eigenvalue weighted by Crippen LogP contribution is 2.39. The predicted molar refractivity (Wildman–Crippen MR) is 89.6 cm³/mol. The van der Waals surface area contributed by atoms with Gasteiger partial charge < -0.3 is 29.7 Å². The summed E-state index contributed by atoms with van der Waals surface area (Å²) in [4.78, 5) is 29.7. The number of methoxy groups -OCH3 is 1. The number of nitrogen functional groups attached to an aromatic ring is 1. The third-order valence-electron chi connectivity index (χ3n) is 4.17. The molecule has 0 amide bonds. The fraction of sp³-hybridized carbons (Fsp3) is 0.615. The molecule has 5 atom stereocenters. The van der Waals surface area contributed by atoms with E-state index in [0.29, 0.717) is 0 Å². The van der Waals surface area contributed by atoms with Crippen LogP contribution in [-0.2, 0) is 25.6 Å². The van der Waals surface area contributed by atoms with E-state index >= 15 is 0 Å². The van der Waals surface area contributed by atoms with Crippen LogP contribution in [0.5, 0.6) is 0 Å². The second kappa shape index (κ2) is 6.72. The fourth-order valence-corrected chi connectivity index (χ4v) is 3.26. The van der Waals surface area contributed by atoms with Crippen LogP contribution in [0.3, 0.4) is 0 Å². The number of hydrogen-bond acceptors (Lipinski definition) is 9. The minimum absolute atomic E-state index is 0.0212. The van der Waals surface area contributed by atoms with Gasteiger partial charge in [-0.2, -0.15) is 4.98 Å². The molecule has 26 heavy (non-hydrogen) atoms. The second-order valence-electron chi connectivity index (χ2n) is 6.01. The third kappa shape index (κ3) is 3.27. The molecule has 12 nitrogen and oxygen atoms in total. The van der Waals surface area contributed by atoms with Gasteiger partial charge in [-0.3, -0.25) is 18.5 Å². The molecular formula is C13H20N5O7P. The Bertz CT molecular complexity index is 921. The predicted octanol–water partition coefficient (Wildman–Crippen LogP) is -1.18. The molecule has 1 unspecified atom stereocenters. The summed E-state index contributed by atoms with van der Waals surface area (Å²) in [6.07, 6.45) is -2.49. The van der Waals surface area contributed by atoms with Crippen LogP contribution >= 0.6 is 7.60 Å². The number of fused-ring (bicyclic) bond motifs is 1. The van der Waals surface area contributed by atoms with Crippen LogP contribution in [0.15, 0.2) is 11.1 Å². The number of anilines is 1. The Morgan fingerprint density at radius 3 is 2.81 bits per heavy atom. The number of imidazole rings is 1. The normalized spacial score (nSPS) is 28.5. The van der Waals surface area contributed by atoms with Crippen LogP contribution in [0.4, 0.5) is 5.95 Å². The first-order valence-electron chi connectivity index (χ1n) is 7.64. The van der Waals surface area contributed by atoms with Gasteiger partial charge in [-0.1, -0.05) is 0 Å². The zero-order valence-corrected chi connectivity index (χ0v) is 15.2. The van der Waals surface area contributed by atoms with Gasteiger partial charge in [-0.15, -0.1) is 0 Å². The highest BCUT2D eigenvalue weighted by Gasteiger charge is 2.46. The molecule has 1 fully saturated rings. The maximum Gasteiger partial charge on any atom is 0.325 e. The van der Waals surface area contributed by atoms with Crippen LogP contribution in [0.25, 0.3) is 11.2 Å². The number of rotatable bonds is 5. The number of aromatic nitrogens is 4. The molecule has 1 aliphatic heterocycles. The van der Waals surface area contributed by atoms with Crippen molar-refractivity contribution in [3.63, 3.8) is 0 Å². The topological polar surface area (TPSA) is 164 Å². The summed E-state index contributed by atoms with van der Waals surface area (Å²) in [6, 6.07) is 0. The van der Waals surface area contributed by atoms with Crippen molar-refractivity contribution in [1.82, 2.24) is 19.1 Å². The molecule has 2 aromatic heterocycles. The van der Waals surface area contributed by atoms with Crippen molar-refractivity contribution in [3.05, 3.63) is 16.7 Å². The number of nitrogens with zero attached hydrogens (tertiary/aromatic N) is 4. The van der Waals surface area contributed by atoms with Gasteiger partial charge in [-0.05, 0) is 0 Å². The summed E-state index contributed by atoms with van der Waals surface area (Å²) >= 11 is 0. The van der Waals surface area contributed by atoms with E-state index in [2.05, 4.69) is 9.97 Å². The first-order chi connectivity index (χ1) is 12.1. The average Bonchev–Trinajstić information content (AvgIpc) is 3.10. The molecule has 0 radical (unpaired) electrons. The molecule has 0 aliphatic carbocycles. The van der Waals surface area contributed by atoms with Gasteiger partial charge >= 0.3 is 7.60 Å². The van der Waals surface area contributed by atoms with E-state index in [0.717, 1.165) is 11.2 Å². The third-order valence-corrected chi connectivity index (χ3v) is 4.80. The van der Waals surface area contributed by atoms with Crippen molar-refractivity contribution < 1.29 is 28.6 Å². The number of aliphatic hydroxyl groups excluding tert-OH is 1. The average molecular weight is 389 g/mol. The molecule has 0 bridgehead atoms. The monoisotopic (exact) mass is 389 g/mol. The van der Waals surface area contributed by atoms with Gasteiger partial charge in [0.2, 0.25) is 5.95 Å². The summed E-state index contributed by atoms with van der Waals surface area (Å²) in [5.41, 5.74) is 5.51. The summed E-state index contributed by atoms with van der Waals surface area (Å²) in [6.45, 7) is 0.782. The first-order valence-corrected chi connectivity index (χ1v) is 9.66. The molecule has 2 aromatic rings. The highest BCUT2D eigenvalue weighted by atomic mass is 31.2. The Morgan fingerprint density at radius 2 is 2.19 bits per heavy atom. The lowest BCUT2D eigenvalue weighted by Crippen LogP contribution is -2.35. The van der Waals surface area contributed by atoms with E-state index in [9.17, 15) is 19.4 Å². The lowest BCUT2D eigenvalue weighted by Gasteiger charge is -2.18. The van der Waals surface area contributed by atoms with Crippen LogP contribution in [0.2, 0.25) is 0 Å². The van der Waals surface area contributed by atoms with Gasteiger partial charge in [0.25, 0.3) is 5.56 Å². The maximum atomic E-state index is 12.2. The van der Waals surface area contributed by atoms with Crippen LogP contribution in [-0.4, -0.2) is 67.8 Å². The number of nitrogens with two attached hydrogens (primary N) is 1. The summed E-state index contributed by atoms with van der Waals surface area (Å²) < 4.78 is 29.7. The van der Waals surface area contributed by atoms with E-state index in [1.807, 2.05) is 0 Å². The quantitative estimate of drug-likeness (QED) is 0.530. The van der Waals surface area contributed by atoms with E-state index in [1.165, 1.54) is 25.1 Å². The lowest BCUT2D eigenvalue weighted by molar-refractivity contribution is -0.0503. The van der Waals surface area contributed by atoms with Gasteiger partial charge in [-0.25, -0.2) is 4.98 Å². The zero-order valence-electron chi connectivity index (χ0n) is 14.3. The van der Waals surface area contributed by atoms with Crippen molar-refractivity contribution in [2.24, 2.45) is 7.05 Å². The van der Waals surface area contributed by atoms with Crippen LogP contribution < -0.4 is 11.3 Å². The van der Waals surface area contributed by atoms with Crippen LogP contribution in [0.1, 0.15) is 6.23 Å². The van der Waals surface area contributed by atoms with E-state index in [-0.39, 0.29) is 23.7 Å². The highest BCUT2D eigenvalue weighted by molar-refractivity contribution is 7.51. The molecular weight excluding hydrogens is 369 g/mol. The number of aliphatic hydroxyl groups is 1. The van der Waals surface area contributed by atoms with Crippen molar-refractivity contribution in [3.8, 4) is 0 Å².